The Bertz CT molecular complexity index is 1060. The third-order valence-electron chi connectivity index (χ3n) is 4.97. The zero-order valence-electron chi connectivity index (χ0n) is 17.0. The van der Waals surface area contributed by atoms with Gasteiger partial charge in [0, 0.05) is 17.8 Å². The minimum atomic E-state index is -0.969. The summed E-state index contributed by atoms with van der Waals surface area (Å²) in [5.41, 5.74) is 2.85. The smallest absolute Gasteiger partial charge is 0.337 e. The number of benzene rings is 1. The lowest BCUT2D eigenvalue weighted by molar-refractivity contribution is -0.130. The van der Waals surface area contributed by atoms with Crippen LogP contribution in [0.15, 0.2) is 48.0 Å². The molecule has 7 heteroatoms. The fourth-order valence-electron chi connectivity index (χ4n) is 3.36. The molecule has 0 unspecified atom stereocenters. The Labute approximate surface area is 179 Å². The highest BCUT2D eigenvalue weighted by Crippen LogP contribution is 2.30. The highest BCUT2D eigenvalue weighted by molar-refractivity contribution is 7.11. The first-order chi connectivity index (χ1) is 14.4. The van der Waals surface area contributed by atoms with E-state index in [1.165, 1.54) is 11.3 Å². The number of carboxylic acid groups (broad SMARTS) is 2. The number of hydrogen-bond acceptors (Lipinski definition) is 4. The molecule has 0 fully saturated rings. The van der Waals surface area contributed by atoms with E-state index in [0.717, 1.165) is 36.3 Å². The first kappa shape index (κ1) is 21.5. The summed E-state index contributed by atoms with van der Waals surface area (Å²) in [7, 11) is 0. The fourth-order valence-corrected chi connectivity index (χ4v) is 4.18. The van der Waals surface area contributed by atoms with Crippen molar-refractivity contribution >= 4 is 34.4 Å². The van der Waals surface area contributed by atoms with Crippen molar-refractivity contribution in [2.24, 2.45) is 0 Å². The lowest BCUT2D eigenvalue weighted by Gasteiger charge is -2.14. The third-order valence-corrected chi connectivity index (χ3v) is 5.86. The summed E-state index contributed by atoms with van der Waals surface area (Å²) in [5, 5.41) is 20.8. The SMILES string of the molecule is CCCCc1ncc(C(C)=C(C(=O)O)c2cccs2)n1Cc1ccc(C(=O)O)cc1. The lowest BCUT2D eigenvalue weighted by atomic mass is 10.0. The van der Waals surface area contributed by atoms with Gasteiger partial charge >= 0.3 is 11.9 Å². The topological polar surface area (TPSA) is 92.4 Å². The number of imidazole rings is 1. The van der Waals surface area contributed by atoms with Gasteiger partial charge in [-0.15, -0.1) is 11.3 Å². The molecular formula is C23H24N2O4S. The second-order valence-corrected chi connectivity index (χ2v) is 7.98. The minimum absolute atomic E-state index is 0.234. The second-order valence-electron chi connectivity index (χ2n) is 7.03. The van der Waals surface area contributed by atoms with E-state index in [1.807, 2.05) is 22.9 Å². The molecule has 3 rings (SSSR count). The number of aromatic nitrogens is 2. The zero-order valence-corrected chi connectivity index (χ0v) is 17.8. The van der Waals surface area contributed by atoms with E-state index in [4.69, 9.17) is 5.11 Å². The average molecular weight is 425 g/mol. The van der Waals surface area contributed by atoms with Crippen molar-refractivity contribution < 1.29 is 19.8 Å². The number of rotatable bonds is 9. The lowest BCUT2D eigenvalue weighted by Crippen LogP contribution is -2.10. The number of nitrogens with zero attached hydrogens (tertiary/aromatic N) is 2. The van der Waals surface area contributed by atoms with Crippen molar-refractivity contribution in [2.45, 2.75) is 39.7 Å². The van der Waals surface area contributed by atoms with Crippen LogP contribution in [0.1, 0.15) is 59.0 Å². The summed E-state index contributed by atoms with van der Waals surface area (Å²) in [6, 6.07) is 10.4. The summed E-state index contributed by atoms with van der Waals surface area (Å²) in [4.78, 5) is 28.4. The number of thiophene rings is 1. The van der Waals surface area contributed by atoms with E-state index in [0.29, 0.717) is 17.0 Å². The van der Waals surface area contributed by atoms with Gasteiger partial charge in [0.25, 0.3) is 0 Å². The van der Waals surface area contributed by atoms with E-state index in [2.05, 4.69) is 11.9 Å². The van der Waals surface area contributed by atoms with Gasteiger partial charge in [-0.1, -0.05) is 31.5 Å². The predicted molar refractivity (Wildman–Crippen MR) is 118 cm³/mol. The third kappa shape index (κ3) is 4.68. The summed E-state index contributed by atoms with van der Waals surface area (Å²) >= 11 is 1.39. The number of aromatic carboxylic acids is 1. The van der Waals surface area contributed by atoms with Crippen molar-refractivity contribution in [3.05, 3.63) is 75.5 Å². The maximum Gasteiger partial charge on any atom is 0.337 e. The summed E-state index contributed by atoms with van der Waals surface area (Å²) < 4.78 is 2.04. The van der Waals surface area contributed by atoms with Gasteiger partial charge in [0.2, 0.25) is 0 Å². The van der Waals surface area contributed by atoms with Crippen molar-refractivity contribution in [1.82, 2.24) is 9.55 Å². The number of aliphatic carboxylic acids is 1. The van der Waals surface area contributed by atoms with Gasteiger partial charge in [-0.25, -0.2) is 14.6 Å². The van der Waals surface area contributed by atoms with Gasteiger partial charge in [-0.3, -0.25) is 0 Å². The number of unbranched alkanes of at least 4 members (excludes halogenated alkanes) is 1. The van der Waals surface area contributed by atoms with Gasteiger partial charge in [0.15, 0.2) is 0 Å². The zero-order chi connectivity index (χ0) is 21.7. The molecule has 0 saturated carbocycles. The Kier molecular flexibility index (Phi) is 6.84. The van der Waals surface area contributed by atoms with Gasteiger partial charge in [-0.2, -0.15) is 0 Å². The largest absolute Gasteiger partial charge is 0.478 e. The van der Waals surface area contributed by atoms with E-state index >= 15 is 0 Å². The Morgan fingerprint density at radius 2 is 1.87 bits per heavy atom. The van der Waals surface area contributed by atoms with E-state index in [9.17, 15) is 14.7 Å². The number of carboxylic acids is 2. The minimum Gasteiger partial charge on any atom is -0.478 e. The van der Waals surface area contributed by atoms with Crippen molar-refractivity contribution in [3.63, 3.8) is 0 Å². The van der Waals surface area contributed by atoms with Crippen LogP contribution < -0.4 is 0 Å². The highest BCUT2D eigenvalue weighted by Gasteiger charge is 2.20. The highest BCUT2D eigenvalue weighted by atomic mass is 32.1. The molecule has 2 heterocycles. The Hall–Kier alpha value is -3.19. The average Bonchev–Trinajstić information content (AvgIpc) is 3.37. The predicted octanol–water partition coefficient (Wildman–Crippen LogP) is 5.05. The molecule has 0 saturated heterocycles. The van der Waals surface area contributed by atoms with Crippen LogP contribution in [0.5, 0.6) is 0 Å². The van der Waals surface area contributed by atoms with Crippen LogP contribution in [0, 0.1) is 0 Å². The monoisotopic (exact) mass is 424 g/mol. The van der Waals surface area contributed by atoms with Crippen molar-refractivity contribution in [1.29, 1.82) is 0 Å². The molecule has 1 aromatic carbocycles. The van der Waals surface area contributed by atoms with Crippen LogP contribution in [0.4, 0.5) is 0 Å². The van der Waals surface area contributed by atoms with Crippen LogP contribution >= 0.6 is 11.3 Å². The number of carbonyl (C=O) groups is 2. The van der Waals surface area contributed by atoms with Crippen molar-refractivity contribution in [2.75, 3.05) is 0 Å². The van der Waals surface area contributed by atoms with Crippen LogP contribution in [0.2, 0.25) is 0 Å². The maximum absolute atomic E-state index is 12.0. The fraction of sp³-hybridized carbons (Fsp3) is 0.261. The van der Waals surface area contributed by atoms with Gasteiger partial charge < -0.3 is 14.8 Å². The van der Waals surface area contributed by atoms with E-state index in [-0.39, 0.29) is 11.1 Å². The molecule has 0 aliphatic heterocycles. The van der Waals surface area contributed by atoms with Crippen LogP contribution in [0.3, 0.4) is 0 Å². The molecule has 2 aromatic heterocycles. The van der Waals surface area contributed by atoms with Crippen LogP contribution in [-0.2, 0) is 17.8 Å². The Balaban J connectivity index is 2.06. The van der Waals surface area contributed by atoms with Gasteiger partial charge in [-0.05, 0) is 48.1 Å². The number of hydrogen-bond donors (Lipinski definition) is 2. The molecule has 0 spiro atoms. The van der Waals surface area contributed by atoms with Crippen LogP contribution in [0.25, 0.3) is 11.1 Å². The quantitative estimate of drug-likeness (QED) is 0.469. The molecule has 2 N–H and O–H groups in total. The van der Waals surface area contributed by atoms with E-state index in [1.54, 1.807) is 36.5 Å². The standard InChI is InChI=1S/C23H24N2O4S/c1-3-4-7-20-24-13-18(15(2)21(23(28)29)19-6-5-12-30-19)25(20)14-16-8-10-17(11-9-16)22(26)27/h5-6,8-13H,3-4,7,14H2,1-2H3,(H,26,27)(H,28,29). The molecule has 0 bridgehead atoms. The molecule has 0 amide bonds. The summed E-state index contributed by atoms with van der Waals surface area (Å²) in [6.07, 6.45) is 4.54. The molecule has 156 valence electrons. The second kappa shape index (κ2) is 9.54. The maximum atomic E-state index is 12.0. The first-order valence-corrected chi connectivity index (χ1v) is 10.6. The van der Waals surface area contributed by atoms with Crippen molar-refractivity contribution in [3.8, 4) is 0 Å². The Morgan fingerprint density at radius 1 is 1.13 bits per heavy atom. The normalized spacial score (nSPS) is 11.9. The molecule has 3 aromatic rings. The number of allylic oxidation sites excluding steroid dienone is 1. The molecule has 0 atom stereocenters. The number of aryl methyl sites for hydroxylation is 1. The van der Waals surface area contributed by atoms with E-state index < -0.39 is 11.9 Å². The molecule has 0 radical (unpaired) electrons. The molecule has 6 nitrogen and oxygen atoms in total. The molecular weight excluding hydrogens is 400 g/mol. The first-order valence-electron chi connectivity index (χ1n) is 9.77. The summed E-state index contributed by atoms with van der Waals surface area (Å²) in [6.45, 7) is 4.42. The van der Waals surface area contributed by atoms with Crippen LogP contribution in [-0.4, -0.2) is 31.7 Å². The molecule has 0 aliphatic rings. The van der Waals surface area contributed by atoms with Gasteiger partial charge in [0.05, 0.1) is 23.0 Å². The summed E-state index contributed by atoms with van der Waals surface area (Å²) in [5.74, 6) is -1.04. The molecule has 30 heavy (non-hydrogen) atoms. The van der Waals surface area contributed by atoms with Gasteiger partial charge in [0.1, 0.15) is 5.82 Å². The molecule has 0 aliphatic carbocycles. The Morgan fingerprint density at radius 3 is 2.43 bits per heavy atom.